The summed E-state index contributed by atoms with van der Waals surface area (Å²) in [5, 5.41) is 14.5. The number of nitriles is 1. The third-order valence-electron chi connectivity index (χ3n) is 3.68. The SMILES string of the molecule is CNC1CCC(N(C)CC(=O)NCCC#N)CC1. The number of nitrogens with one attached hydrogen (secondary N) is 2. The number of hydrogen-bond donors (Lipinski definition) is 2. The Morgan fingerprint density at radius 1 is 1.39 bits per heavy atom. The molecule has 0 aromatic carbocycles. The van der Waals surface area contributed by atoms with Gasteiger partial charge in [0, 0.05) is 18.6 Å². The Morgan fingerprint density at radius 2 is 2.06 bits per heavy atom. The lowest BCUT2D eigenvalue weighted by atomic mass is 9.90. The fourth-order valence-corrected chi connectivity index (χ4v) is 2.47. The molecule has 0 aromatic heterocycles. The predicted molar refractivity (Wildman–Crippen MR) is 71.0 cm³/mol. The Morgan fingerprint density at radius 3 is 2.61 bits per heavy atom. The van der Waals surface area contributed by atoms with Crippen molar-refractivity contribution in [3.8, 4) is 6.07 Å². The molecule has 1 aliphatic carbocycles. The van der Waals surface area contributed by atoms with E-state index < -0.39 is 0 Å². The summed E-state index contributed by atoms with van der Waals surface area (Å²) in [5.41, 5.74) is 0. The first-order valence-corrected chi connectivity index (χ1v) is 6.68. The first-order chi connectivity index (χ1) is 8.67. The van der Waals surface area contributed by atoms with Crippen molar-refractivity contribution in [3.05, 3.63) is 0 Å². The van der Waals surface area contributed by atoms with Gasteiger partial charge in [0.15, 0.2) is 0 Å². The molecule has 2 N–H and O–H groups in total. The largest absolute Gasteiger partial charge is 0.354 e. The maximum Gasteiger partial charge on any atom is 0.234 e. The van der Waals surface area contributed by atoms with Crippen LogP contribution in [0.2, 0.25) is 0 Å². The van der Waals surface area contributed by atoms with E-state index in [4.69, 9.17) is 5.26 Å². The fourth-order valence-electron chi connectivity index (χ4n) is 2.47. The van der Waals surface area contributed by atoms with Gasteiger partial charge in [-0.2, -0.15) is 5.26 Å². The number of likely N-dealkylation sites (N-methyl/N-ethyl adjacent to an activating group) is 1. The number of carbonyl (C=O) groups is 1. The first-order valence-electron chi connectivity index (χ1n) is 6.68. The van der Waals surface area contributed by atoms with Crippen LogP contribution < -0.4 is 10.6 Å². The van der Waals surface area contributed by atoms with Gasteiger partial charge in [-0.1, -0.05) is 0 Å². The summed E-state index contributed by atoms with van der Waals surface area (Å²) in [6, 6.07) is 3.16. The summed E-state index contributed by atoms with van der Waals surface area (Å²) in [5.74, 6) is 0.0171. The third-order valence-corrected chi connectivity index (χ3v) is 3.68. The topological polar surface area (TPSA) is 68.2 Å². The van der Waals surface area contributed by atoms with Crippen LogP contribution in [0.5, 0.6) is 0 Å². The monoisotopic (exact) mass is 252 g/mol. The van der Waals surface area contributed by atoms with Gasteiger partial charge in [-0.3, -0.25) is 9.69 Å². The maximum absolute atomic E-state index is 11.6. The van der Waals surface area contributed by atoms with Crippen LogP contribution in [0.3, 0.4) is 0 Å². The highest BCUT2D eigenvalue weighted by Crippen LogP contribution is 2.21. The van der Waals surface area contributed by atoms with Crippen LogP contribution in [0, 0.1) is 11.3 Å². The number of rotatable bonds is 6. The van der Waals surface area contributed by atoms with Gasteiger partial charge in [0.1, 0.15) is 0 Å². The van der Waals surface area contributed by atoms with E-state index in [2.05, 4.69) is 15.5 Å². The molecule has 0 bridgehead atoms. The molecule has 5 nitrogen and oxygen atoms in total. The van der Waals surface area contributed by atoms with E-state index in [1.54, 1.807) is 0 Å². The molecule has 18 heavy (non-hydrogen) atoms. The maximum atomic E-state index is 11.6. The first kappa shape index (κ1) is 14.9. The molecule has 1 saturated carbocycles. The average Bonchev–Trinajstić information content (AvgIpc) is 2.39. The van der Waals surface area contributed by atoms with Crippen molar-refractivity contribution in [1.29, 1.82) is 5.26 Å². The van der Waals surface area contributed by atoms with Crippen LogP contribution in [-0.2, 0) is 4.79 Å². The second kappa shape index (κ2) is 8.06. The molecule has 0 saturated heterocycles. The average molecular weight is 252 g/mol. The van der Waals surface area contributed by atoms with Gasteiger partial charge in [0.2, 0.25) is 5.91 Å². The summed E-state index contributed by atoms with van der Waals surface area (Å²) in [4.78, 5) is 13.7. The quantitative estimate of drug-likeness (QED) is 0.675. The minimum absolute atomic E-state index is 0.0171. The molecule has 0 radical (unpaired) electrons. The lowest BCUT2D eigenvalue weighted by Gasteiger charge is -2.34. The summed E-state index contributed by atoms with van der Waals surface area (Å²) >= 11 is 0. The smallest absolute Gasteiger partial charge is 0.234 e. The summed E-state index contributed by atoms with van der Waals surface area (Å²) in [7, 11) is 4.02. The molecule has 5 heteroatoms. The molecule has 0 aromatic rings. The molecule has 0 spiro atoms. The normalized spacial score (nSPS) is 23.7. The molecule has 1 fully saturated rings. The van der Waals surface area contributed by atoms with Crippen molar-refractivity contribution in [2.24, 2.45) is 0 Å². The molecular weight excluding hydrogens is 228 g/mol. The molecular formula is C13H24N4O. The summed E-state index contributed by atoms with van der Waals surface area (Å²) in [6.07, 6.45) is 5.03. The molecule has 102 valence electrons. The van der Waals surface area contributed by atoms with Crippen LogP contribution in [0.4, 0.5) is 0 Å². The number of hydrogen-bond acceptors (Lipinski definition) is 4. The van der Waals surface area contributed by atoms with Crippen LogP contribution in [-0.4, -0.2) is 50.1 Å². The molecule has 1 amide bonds. The Labute approximate surface area is 110 Å². The van der Waals surface area contributed by atoms with Crippen molar-refractivity contribution in [1.82, 2.24) is 15.5 Å². The molecule has 0 atom stereocenters. The van der Waals surface area contributed by atoms with E-state index >= 15 is 0 Å². The van der Waals surface area contributed by atoms with E-state index in [-0.39, 0.29) is 5.91 Å². The standard InChI is InChI=1S/C13H24N4O/c1-15-11-4-6-12(7-5-11)17(2)10-13(18)16-9-3-8-14/h11-12,15H,3-7,9-10H2,1-2H3,(H,16,18). The van der Waals surface area contributed by atoms with E-state index in [9.17, 15) is 4.79 Å². The van der Waals surface area contributed by atoms with E-state index in [0.717, 1.165) is 12.8 Å². The Kier molecular flexibility index (Phi) is 6.69. The lowest BCUT2D eigenvalue weighted by molar-refractivity contribution is -0.122. The minimum Gasteiger partial charge on any atom is -0.354 e. The molecule has 0 heterocycles. The van der Waals surface area contributed by atoms with Crippen LogP contribution in [0.1, 0.15) is 32.1 Å². The van der Waals surface area contributed by atoms with Crippen molar-refractivity contribution < 1.29 is 4.79 Å². The van der Waals surface area contributed by atoms with Gasteiger partial charge in [-0.05, 0) is 39.8 Å². The predicted octanol–water partition coefficient (Wildman–Crippen LogP) is 0.479. The van der Waals surface area contributed by atoms with Crippen molar-refractivity contribution in [2.75, 3.05) is 27.2 Å². The van der Waals surface area contributed by atoms with Crippen molar-refractivity contribution in [3.63, 3.8) is 0 Å². The number of nitrogens with zero attached hydrogens (tertiary/aromatic N) is 2. The number of carbonyl (C=O) groups excluding carboxylic acids is 1. The zero-order valence-electron chi connectivity index (χ0n) is 11.4. The van der Waals surface area contributed by atoms with Gasteiger partial charge in [-0.25, -0.2) is 0 Å². The lowest BCUT2D eigenvalue weighted by Crippen LogP contribution is -2.44. The Bertz CT molecular complexity index is 292. The van der Waals surface area contributed by atoms with E-state index in [1.807, 2.05) is 20.2 Å². The second-order valence-corrected chi connectivity index (χ2v) is 4.97. The third kappa shape index (κ3) is 5.03. The zero-order valence-corrected chi connectivity index (χ0v) is 11.4. The molecule has 1 aliphatic rings. The van der Waals surface area contributed by atoms with Gasteiger partial charge in [0.05, 0.1) is 19.0 Å². The van der Waals surface area contributed by atoms with E-state index in [0.29, 0.717) is 31.6 Å². The highest BCUT2D eigenvalue weighted by Gasteiger charge is 2.23. The van der Waals surface area contributed by atoms with Gasteiger partial charge in [-0.15, -0.1) is 0 Å². The molecule has 0 aliphatic heterocycles. The van der Waals surface area contributed by atoms with Crippen LogP contribution in [0.25, 0.3) is 0 Å². The van der Waals surface area contributed by atoms with Crippen molar-refractivity contribution >= 4 is 5.91 Å². The van der Waals surface area contributed by atoms with Crippen LogP contribution in [0.15, 0.2) is 0 Å². The van der Waals surface area contributed by atoms with Crippen LogP contribution >= 0.6 is 0 Å². The highest BCUT2D eigenvalue weighted by atomic mass is 16.2. The van der Waals surface area contributed by atoms with Gasteiger partial charge < -0.3 is 10.6 Å². The molecule has 0 unspecified atom stereocenters. The number of amides is 1. The second-order valence-electron chi connectivity index (χ2n) is 4.97. The summed E-state index contributed by atoms with van der Waals surface area (Å²) in [6.45, 7) is 0.885. The van der Waals surface area contributed by atoms with Gasteiger partial charge in [0.25, 0.3) is 0 Å². The minimum atomic E-state index is 0.0171. The zero-order chi connectivity index (χ0) is 13.4. The Balaban J connectivity index is 2.22. The molecule has 1 rings (SSSR count). The summed E-state index contributed by atoms with van der Waals surface area (Å²) < 4.78 is 0. The van der Waals surface area contributed by atoms with Crippen molar-refractivity contribution in [2.45, 2.75) is 44.2 Å². The van der Waals surface area contributed by atoms with E-state index in [1.165, 1.54) is 12.8 Å². The fraction of sp³-hybridized carbons (Fsp3) is 0.846. The highest BCUT2D eigenvalue weighted by molar-refractivity contribution is 5.78. The Hall–Kier alpha value is -1.12. The van der Waals surface area contributed by atoms with Gasteiger partial charge >= 0.3 is 0 Å².